The summed E-state index contributed by atoms with van der Waals surface area (Å²) in [6.45, 7) is 0. The average Bonchev–Trinajstić information content (AvgIpc) is 3.18. The number of nitrogens with zero attached hydrogens (tertiary/aromatic N) is 2. The summed E-state index contributed by atoms with van der Waals surface area (Å²) in [6.07, 6.45) is 0. The third-order valence-electron chi connectivity index (χ3n) is 2.76. The van der Waals surface area contributed by atoms with Crippen LogP contribution in [0.3, 0.4) is 0 Å². The number of aromatic amines is 1. The van der Waals surface area contributed by atoms with Gasteiger partial charge in [-0.25, -0.2) is 13.8 Å². The van der Waals surface area contributed by atoms with E-state index in [0.29, 0.717) is 17.0 Å². The Bertz CT molecular complexity index is 820. The molecule has 3 rings (SSSR count). The van der Waals surface area contributed by atoms with Gasteiger partial charge in [-0.3, -0.25) is 9.89 Å². The van der Waals surface area contributed by atoms with E-state index in [0.717, 1.165) is 22.7 Å². The van der Waals surface area contributed by atoms with Gasteiger partial charge in [0.05, 0.1) is 16.3 Å². The van der Waals surface area contributed by atoms with Crippen molar-refractivity contribution in [3.8, 4) is 10.7 Å². The summed E-state index contributed by atoms with van der Waals surface area (Å²) in [4.78, 5) is 17.0. The minimum Gasteiger partial charge on any atom is -0.323 e. The zero-order valence-electron chi connectivity index (χ0n) is 11.5. The molecule has 0 spiro atoms. The number of benzene rings is 1. The Hall–Kier alpha value is -2.26. The third-order valence-corrected chi connectivity index (χ3v) is 4.48. The molecule has 2 aromatic heterocycles. The lowest BCUT2D eigenvalue weighted by molar-refractivity contribution is -0.113. The fourth-order valence-corrected chi connectivity index (χ4v) is 3.00. The fraction of sp³-hybridized carbons (Fsp3) is 0.0714. The van der Waals surface area contributed by atoms with Crippen LogP contribution in [0.15, 0.2) is 40.9 Å². The quantitative estimate of drug-likeness (QED) is 0.689. The molecule has 0 saturated carbocycles. The fourth-order valence-electron chi connectivity index (χ4n) is 1.74. The number of H-pyrrole nitrogens is 1. The van der Waals surface area contributed by atoms with Gasteiger partial charge in [-0.15, -0.1) is 16.4 Å². The Labute approximate surface area is 138 Å². The third kappa shape index (κ3) is 3.93. The SMILES string of the molecule is O=C(CSc1n[nH]c(-c2cccs2)n1)Nc1ccc(F)cc1F. The van der Waals surface area contributed by atoms with Crippen LogP contribution < -0.4 is 5.32 Å². The smallest absolute Gasteiger partial charge is 0.234 e. The van der Waals surface area contributed by atoms with E-state index in [9.17, 15) is 13.6 Å². The number of halogens is 2. The van der Waals surface area contributed by atoms with Crippen molar-refractivity contribution in [2.75, 3.05) is 11.1 Å². The van der Waals surface area contributed by atoms with Crippen LogP contribution in [0.2, 0.25) is 0 Å². The Kier molecular flexibility index (Phi) is 4.68. The topological polar surface area (TPSA) is 70.7 Å². The first-order valence-corrected chi connectivity index (χ1v) is 8.32. The van der Waals surface area contributed by atoms with E-state index in [1.807, 2.05) is 17.5 Å². The lowest BCUT2D eigenvalue weighted by atomic mass is 10.3. The molecule has 23 heavy (non-hydrogen) atoms. The highest BCUT2D eigenvalue weighted by Gasteiger charge is 2.11. The second-order valence-corrected chi connectivity index (χ2v) is 6.30. The van der Waals surface area contributed by atoms with Gasteiger partial charge in [-0.05, 0) is 23.6 Å². The molecule has 0 fully saturated rings. The molecule has 1 amide bonds. The maximum atomic E-state index is 13.4. The molecular formula is C14H10F2N4OS2. The van der Waals surface area contributed by atoms with Gasteiger partial charge in [0, 0.05) is 6.07 Å². The van der Waals surface area contributed by atoms with Gasteiger partial charge in [0.25, 0.3) is 0 Å². The van der Waals surface area contributed by atoms with Crippen molar-refractivity contribution in [1.29, 1.82) is 0 Å². The number of nitrogens with one attached hydrogen (secondary N) is 2. The summed E-state index contributed by atoms with van der Waals surface area (Å²) < 4.78 is 26.2. The van der Waals surface area contributed by atoms with Crippen molar-refractivity contribution in [2.24, 2.45) is 0 Å². The lowest BCUT2D eigenvalue weighted by Gasteiger charge is -2.05. The molecule has 2 heterocycles. The van der Waals surface area contributed by atoms with Gasteiger partial charge in [0.15, 0.2) is 5.82 Å². The van der Waals surface area contributed by atoms with Crippen molar-refractivity contribution < 1.29 is 13.6 Å². The number of amides is 1. The van der Waals surface area contributed by atoms with Gasteiger partial charge < -0.3 is 5.32 Å². The summed E-state index contributed by atoms with van der Waals surface area (Å²) >= 11 is 2.64. The van der Waals surface area contributed by atoms with E-state index in [1.54, 1.807) is 0 Å². The summed E-state index contributed by atoms with van der Waals surface area (Å²) in [6, 6.07) is 6.78. The van der Waals surface area contributed by atoms with E-state index >= 15 is 0 Å². The number of thioether (sulfide) groups is 1. The van der Waals surface area contributed by atoms with E-state index in [2.05, 4.69) is 20.5 Å². The van der Waals surface area contributed by atoms with E-state index in [4.69, 9.17) is 0 Å². The zero-order valence-corrected chi connectivity index (χ0v) is 13.2. The Morgan fingerprint density at radius 3 is 2.96 bits per heavy atom. The van der Waals surface area contributed by atoms with Gasteiger partial charge >= 0.3 is 0 Å². The van der Waals surface area contributed by atoms with Crippen LogP contribution in [0, 0.1) is 11.6 Å². The summed E-state index contributed by atoms with van der Waals surface area (Å²) in [5.74, 6) is -1.30. The molecule has 2 N–H and O–H groups in total. The van der Waals surface area contributed by atoms with Gasteiger partial charge in [0.1, 0.15) is 11.6 Å². The van der Waals surface area contributed by atoms with Crippen molar-refractivity contribution in [3.05, 3.63) is 47.3 Å². The molecule has 3 aromatic rings. The largest absolute Gasteiger partial charge is 0.323 e. The van der Waals surface area contributed by atoms with Crippen LogP contribution in [0.1, 0.15) is 0 Å². The number of anilines is 1. The summed E-state index contributed by atoms with van der Waals surface area (Å²) in [5.41, 5.74) is -0.0636. The molecular weight excluding hydrogens is 342 g/mol. The molecule has 118 valence electrons. The number of hydrogen-bond donors (Lipinski definition) is 2. The first-order valence-electron chi connectivity index (χ1n) is 6.46. The van der Waals surface area contributed by atoms with Crippen molar-refractivity contribution >= 4 is 34.7 Å². The number of hydrogen-bond acceptors (Lipinski definition) is 5. The normalized spacial score (nSPS) is 10.7. The molecule has 0 unspecified atom stereocenters. The highest BCUT2D eigenvalue weighted by molar-refractivity contribution is 7.99. The van der Waals surface area contributed by atoms with Crippen LogP contribution in [-0.2, 0) is 4.79 Å². The standard InChI is InChI=1S/C14H10F2N4OS2/c15-8-3-4-10(9(16)6-8)17-12(21)7-23-14-18-13(19-20-14)11-2-1-5-22-11/h1-6H,7H2,(H,17,21)(H,18,19,20). The van der Waals surface area contributed by atoms with Crippen LogP contribution in [-0.4, -0.2) is 26.8 Å². The summed E-state index contributed by atoms with van der Waals surface area (Å²) in [7, 11) is 0. The monoisotopic (exact) mass is 352 g/mol. The van der Waals surface area contributed by atoms with Crippen molar-refractivity contribution in [1.82, 2.24) is 15.2 Å². The molecule has 0 aliphatic heterocycles. The predicted octanol–water partition coefficient (Wildman–Crippen LogP) is 3.54. The van der Waals surface area contributed by atoms with Crippen LogP contribution in [0.4, 0.5) is 14.5 Å². The molecule has 0 saturated heterocycles. The van der Waals surface area contributed by atoms with Crippen molar-refractivity contribution in [2.45, 2.75) is 5.16 Å². The molecule has 0 radical (unpaired) electrons. The molecule has 0 bridgehead atoms. The lowest BCUT2D eigenvalue weighted by Crippen LogP contribution is -2.15. The number of rotatable bonds is 5. The molecule has 0 atom stereocenters. The highest BCUT2D eigenvalue weighted by Crippen LogP contribution is 2.23. The Morgan fingerprint density at radius 2 is 2.22 bits per heavy atom. The minimum atomic E-state index is -0.818. The Morgan fingerprint density at radius 1 is 1.35 bits per heavy atom. The molecule has 5 nitrogen and oxygen atoms in total. The maximum absolute atomic E-state index is 13.4. The minimum absolute atomic E-state index is 0.0125. The first kappa shape index (κ1) is 15.6. The van der Waals surface area contributed by atoms with Crippen LogP contribution in [0.25, 0.3) is 10.7 Å². The second kappa shape index (κ2) is 6.88. The Balaban J connectivity index is 1.57. The molecule has 0 aliphatic carbocycles. The second-order valence-electron chi connectivity index (χ2n) is 4.40. The molecule has 0 aliphatic rings. The van der Waals surface area contributed by atoms with E-state index in [-0.39, 0.29) is 11.4 Å². The average molecular weight is 352 g/mol. The number of carbonyl (C=O) groups is 1. The zero-order chi connectivity index (χ0) is 16.2. The number of aromatic nitrogens is 3. The molecule has 9 heteroatoms. The van der Waals surface area contributed by atoms with Gasteiger partial charge in [0.2, 0.25) is 11.1 Å². The first-order chi connectivity index (χ1) is 11.1. The summed E-state index contributed by atoms with van der Waals surface area (Å²) in [5, 5.41) is 11.5. The molecule has 1 aromatic carbocycles. The van der Waals surface area contributed by atoms with E-state index < -0.39 is 17.5 Å². The van der Waals surface area contributed by atoms with E-state index in [1.165, 1.54) is 17.4 Å². The number of thiophene rings is 1. The highest BCUT2D eigenvalue weighted by atomic mass is 32.2. The van der Waals surface area contributed by atoms with Crippen molar-refractivity contribution in [3.63, 3.8) is 0 Å². The van der Waals surface area contributed by atoms with Crippen LogP contribution in [0.5, 0.6) is 0 Å². The van der Waals surface area contributed by atoms with Gasteiger partial charge in [-0.2, -0.15) is 0 Å². The maximum Gasteiger partial charge on any atom is 0.234 e. The predicted molar refractivity (Wildman–Crippen MR) is 85.4 cm³/mol. The number of carbonyl (C=O) groups excluding carboxylic acids is 1. The van der Waals surface area contributed by atoms with Crippen LogP contribution >= 0.6 is 23.1 Å². The van der Waals surface area contributed by atoms with Gasteiger partial charge in [-0.1, -0.05) is 17.8 Å².